The summed E-state index contributed by atoms with van der Waals surface area (Å²) in [6, 6.07) is 8.21. The molecule has 0 spiro atoms. The van der Waals surface area contributed by atoms with Crippen LogP contribution in [-0.2, 0) is 0 Å². The SMILES string of the molecule is Cc1c(OC(C)C2CN(C(=O)c3ccnc(Cl)c3)CC2c2ccc(Cl)c(Cl)c2)nc(F)c(F)c1F. The Morgan fingerprint density at radius 3 is 2.51 bits per heavy atom. The Kier molecular flexibility index (Phi) is 7.45. The molecule has 0 radical (unpaired) electrons. The Bertz CT molecular complexity index is 1290. The van der Waals surface area contributed by atoms with Crippen LogP contribution in [0.2, 0.25) is 15.2 Å². The number of nitrogens with zero attached hydrogens (tertiary/aromatic N) is 3. The molecule has 4 rings (SSSR count). The highest BCUT2D eigenvalue weighted by atomic mass is 35.5. The predicted octanol–water partition coefficient (Wildman–Crippen LogP) is 6.49. The first-order valence-corrected chi connectivity index (χ1v) is 11.7. The summed E-state index contributed by atoms with van der Waals surface area (Å²) in [5.74, 6) is -5.81. The second kappa shape index (κ2) is 10.2. The van der Waals surface area contributed by atoms with Crippen molar-refractivity contribution in [3.63, 3.8) is 0 Å². The zero-order valence-electron chi connectivity index (χ0n) is 18.5. The second-order valence-electron chi connectivity index (χ2n) is 8.30. The maximum Gasteiger partial charge on any atom is 0.255 e. The second-order valence-corrected chi connectivity index (χ2v) is 9.51. The maximum absolute atomic E-state index is 14.1. The minimum atomic E-state index is -1.66. The number of likely N-dealkylation sites (tertiary alicyclic amines) is 1. The Morgan fingerprint density at radius 1 is 1.09 bits per heavy atom. The Balaban J connectivity index is 1.66. The molecule has 184 valence electrons. The van der Waals surface area contributed by atoms with E-state index in [0.29, 0.717) is 22.2 Å². The number of halogens is 6. The van der Waals surface area contributed by atoms with Crippen LogP contribution in [0.5, 0.6) is 5.88 Å². The van der Waals surface area contributed by atoms with Crippen molar-refractivity contribution in [2.24, 2.45) is 5.92 Å². The molecule has 1 amide bonds. The molecule has 0 saturated carbocycles. The van der Waals surface area contributed by atoms with E-state index in [1.807, 2.05) is 0 Å². The monoisotopic (exact) mass is 543 g/mol. The van der Waals surface area contributed by atoms with Gasteiger partial charge in [0.2, 0.25) is 11.7 Å². The van der Waals surface area contributed by atoms with Crippen LogP contribution < -0.4 is 4.74 Å². The summed E-state index contributed by atoms with van der Waals surface area (Å²) in [5.41, 5.74) is 0.926. The molecule has 1 aromatic carbocycles. The highest BCUT2D eigenvalue weighted by Crippen LogP contribution is 2.39. The van der Waals surface area contributed by atoms with E-state index in [1.54, 1.807) is 36.1 Å². The van der Waals surface area contributed by atoms with Gasteiger partial charge in [-0.1, -0.05) is 40.9 Å². The Morgan fingerprint density at radius 2 is 1.83 bits per heavy atom. The van der Waals surface area contributed by atoms with Gasteiger partial charge in [0.05, 0.1) is 15.6 Å². The van der Waals surface area contributed by atoms with Gasteiger partial charge < -0.3 is 9.64 Å². The summed E-state index contributed by atoms with van der Waals surface area (Å²) in [6.45, 7) is 3.53. The van der Waals surface area contributed by atoms with Crippen LogP contribution in [-0.4, -0.2) is 40.0 Å². The van der Waals surface area contributed by atoms with Crippen LogP contribution in [0.3, 0.4) is 0 Å². The first-order valence-electron chi connectivity index (χ1n) is 10.6. The smallest absolute Gasteiger partial charge is 0.255 e. The first kappa shape index (κ1) is 25.5. The van der Waals surface area contributed by atoms with Gasteiger partial charge >= 0.3 is 0 Å². The summed E-state index contributed by atoms with van der Waals surface area (Å²) in [4.78, 5) is 22.2. The van der Waals surface area contributed by atoms with Crippen molar-refractivity contribution in [2.45, 2.75) is 25.9 Å². The molecule has 11 heteroatoms. The maximum atomic E-state index is 14.1. The molecule has 0 aliphatic carbocycles. The number of aromatic nitrogens is 2. The summed E-state index contributed by atoms with van der Waals surface area (Å²) in [6.07, 6.45) is 0.779. The number of pyridine rings is 2. The van der Waals surface area contributed by atoms with Crippen molar-refractivity contribution in [1.29, 1.82) is 0 Å². The lowest BCUT2D eigenvalue weighted by molar-refractivity contribution is 0.0768. The third-order valence-electron chi connectivity index (χ3n) is 6.12. The highest BCUT2D eigenvalue weighted by molar-refractivity contribution is 6.42. The van der Waals surface area contributed by atoms with Crippen LogP contribution >= 0.6 is 34.8 Å². The lowest BCUT2D eigenvalue weighted by atomic mass is 9.85. The molecule has 3 unspecified atom stereocenters. The van der Waals surface area contributed by atoms with Crippen LogP contribution in [0.1, 0.15) is 34.3 Å². The molecular weight excluding hydrogens is 526 g/mol. The van der Waals surface area contributed by atoms with Crippen LogP contribution in [0.4, 0.5) is 13.2 Å². The quantitative estimate of drug-likeness (QED) is 0.345. The van der Waals surface area contributed by atoms with Crippen molar-refractivity contribution in [1.82, 2.24) is 14.9 Å². The van der Waals surface area contributed by atoms with Gasteiger partial charge in [0.25, 0.3) is 11.9 Å². The molecule has 1 aliphatic rings. The molecule has 0 bridgehead atoms. The number of benzene rings is 1. The van der Waals surface area contributed by atoms with Gasteiger partial charge in [0.15, 0.2) is 5.82 Å². The molecular formula is C24H19Cl3F3N3O2. The number of hydrogen-bond acceptors (Lipinski definition) is 4. The number of carbonyl (C=O) groups is 1. The third-order valence-corrected chi connectivity index (χ3v) is 7.07. The fourth-order valence-electron chi connectivity index (χ4n) is 4.23. The van der Waals surface area contributed by atoms with Gasteiger partial charge in [-0.2, -0.15) is 13.8 Å². The van der Waals surface area contributed by atoms with Crippen LogP contribution in [0.25, 0.3) is 0 Å². The molecule has 1 fully saturated rings. The molecule has 1 saturated heterocycles. The van der Waals surface area contributed by atoms with Crippen molar-refractivity contribution >= 4 is 40.7 Å². The molecule has 1 aliphatic heterocycles. The standard InChI is InChI=1S/C24H19Cl3F3N3O2/c1-11-20(28)21(29)22(30)32-23(11)35-12(2)15-9-33(24(34)14-5-6-31-19(27)8-14)10-16(15)13-3-4-17(25)18(26)7-13/h3-8,12,15-16H,9-10H2,1-2H3. The zero-order chi connectivity index (χ0) is 25.4. The first-order chi connectivity index (χ1) is 16.6. The predicted molar refractivity (Wildman–Crippen MR) is 127 cm³/mol. The molecule has 5 nitrogen and oxygen atoms in total. The highest BCUT2D eigenvalue weighted by Gasteiger charge is 2.41. The average Bonchev–Trinajstić information content (AvgIpc) is 3.28. The van der Waals surface area contributed by atoms with E-state index in [0.717, 1.165) is 5.56 Å². The third kappa shape index (κ3) is 5.20. The van der Waals surface area contributed by atoms with Crippen LogP contribution in [0, 0.1) is 30.4 Å². The van der Waals surface area contributed by atoms with E-state index in [9.17, 15) is 18.0 Å². The van der Waals surface area contributed by atoms with Crippen molar-refractivity contribution in [3.8, 4) is 5.88 Å². The van der Waals surface area contributed by atoms with Crippen molar-refractivity contribution in [2.75, 3.05) is 13.1 Å². The molecule has 2 aromatic heterocycles. The van der Waals surface area contributed by atoms with Crippen molar-refractivity contribution < 1.29 is 22.7 Å². The van der Waals surface area contributed by atoms with E-state index >= 15 is 0 Å². The number of hydrogen-bond donors (Lipinski definition) is 0. The van der Waals surface area contributed by atoms with Gasteiger partial charge in [0, 0.05) is 36.7 Å². The number of ether oxygens (including phenoxy) is 1. The molecule has 35 heavy (non-hydrogen) atoms. The number of carbonyl (C=O) groups excluding carboxylic acids is 1. The lowest BCUT2D eigenvalue weighted by Crippen LogP contribution is -2.32. The molecule has 3 atom stereocenters. The Hall–Kier alpha value is -2.55. The van der Waals surface area contributed by atoms with Crippen LogP contribution in [0.15, 0.2) is 36.5 Å². The minimum absolute atomic E-state index is 0.186. The van der Waals surface area contributed by atoms with E-state index in [1.165, 1.54) is 19.2 Å². The minimum Gasteiger partial charge on any atom is -0.474 e. The van der Waals surface area contributed by atoms with E-state index in [-0.39, 0.29) is 40.9 Å². The topological polar surface area (TPSA) is 55.3 Å². The van der Waals surface area contributed by atoms with E-state index < -0.39 is 23.7 Å². The molecule has 3 aromatic rings. The summed E-state index contributed by atoms with van der Waals surface area (Å²) >= 11 is 18.3. The lowest BCUT2D eigenvalue weighted by Gasteiger charge is -2.26. The van der Waals surface area contributed by atoms with E-state index in [4.69, 9.17) is 39.5 Å². The number of rotatable bonds is 5. The fraction of sp³-hybridized carbons (Fsp3) is 0.292. The summed E-state index contributed by atoms with van der Waals surface area (Å²) in [7, 11) is 0. The van der Waals surface area contributed by atoms with Gasteiger partial charge in [0.1, 0.15) is 11.3 Å². The van der Waals surface area contributed by atoms with Gasteiger partial charge in [-0.3, -0.25) is 4.79 Å². The Labute approximate surface area is 214 Å². The zero-order valence-corrected chi connectivity index (χ0v) is 20.8. The average molecular weight is 545 g/mol. The van der Waals surface area contributed by atoms with Gasteiger partial charge in [-0.25, -0.2) is 9.37 Å². The largest absolute Gasteiger partial charge is 0.474 e. The summed E-state index contributed by atoms with van der Waals surface area (Å²) < 4.78 is 47.2. The van der Waals surface area contributed by atoms with E-state index in [2.05, 4.69) is 9.97 Å². The number of amides is 1. The fourth-order valence-corrected chi connectivity index (χ4v) is 4.71. The molecule has 3 heterocycles. The van der Waals surface area contributed by atoms with Gasteiger partial charge in [-0.05, 0) is 43.7 Å². The summed E-state index contributed by atoms with van der Waals surface area (Å²) in [5, 5.41) is 0.916. The van der Waals surface area contributed by atoms with Crippen molar-refractivity contribution in [3.05, 3.63) is 86.0 Å². The van der Waals surface area contributed by atoms with Gasteiger partial charge in [-0.15, -0.1) is 0 Å². The molecule has 0 N–H and O–H groups in total. The normalized spacial score (nSPS) is 18.6.